The van der Waals surface area contributed by atoms with Crippen LogP contribution in [0.1, 0.15) is 104 Å². The maximum absolute atomic E-state index is 5.68. The van der Waals surface area contributed by atoms with Crippen molar-refractivity contribution >= 4 is 0 Å². The smallest absolute Gasteiger partial charge is 0.0491 e. The maximum Gasteiger partial charge on any atom is 0.0491 e. The van der Waals surface area contributed by atoms with Crippen LogP contribution in [-0.2, 0) is 66.3 Å². The van der Waals surface area contributed by atoms with Crippen molar-refractivity contribution in [2.75, 3.05) is 185 Å². The Bertz CT molecular complexity index is 726. The molecule has 0 heterocycles. The van der Waals surface area contributed by atoms with Gasteiger partial charge < -0.3 is 66.3 Å². The van der Waals surface area contributed by atoms with Crippen molar-refractivity contribution < 1.29 is 66.3 Å². The Morgan fingerprint density at radius 3 is 0.542 bits per heavy atom. The largest absolute Gasteiger partial charge is 0.385 e. The summed E-state index contributed by atoms with van der Waals surface area (Å²) in [5, 5.41) is 0. The summed E-state index contributed by atoms with van der Waals surface area (Å²) < 4.78 is 78.4. The summed E-state index contributed by atoms with van der Waals surface area (Å²) in [5.74, 6) is 0.637. The highest BCUT2D eigenvalue weighted by Gasteiger charge is 2.00. The Hall–Kier alpha value is -0.560. The van der Waals surface area contributed by atoms with Gasteiger partial charge in [0.05, 0.1) is 0 Å². The van der Waals surface area contributed by atoms with Gasteiger partial charge in [0.1, 0.15) is 0 Å². The van der Waals surface area contributed by atoms with Gasteiger partial charge >= 0.3 is 0 Å². The second-order valence-corrected chi connectivity index (χ2v) is 14.5. The van der Waals surface area contributed by atoms with Crippen LogP contribution in [-0.4, -0.2) is 185 Å². The van der Waals surface area contributed by atoms with Crippen molar-refractivity contribution in [2.24, 2.45) is 5.92 Å². The molecule has 0 aliphatic carbocycles. The van der Waals surface area contributed by atoms with Crippen molar-refractivity contribution in [3.63, 3.8) is 0 Å². The number of hydrogen-bond donors (Lipinski definition) is 0. The molecule has 0 fully saturated rings. The summed E-state index contributed by atoms with van der Waals surface area (Å²) >= 11 is 0. The van der Waals surface area contributed by atoms with E-state index in [1.54, 1.807) is 7.11 Å². The molecule has 14 heteroatoms. The highest BCUT2D eigenvalue weighted by molar-refractivity contribution is 4.48. The van der Waals surface area contributed by atoms with Crippen LogP contribution in [0.25, 0.3) is 0 Å². The van der Waals surface area contributed by atoms with Crippen LogP contribution in [0.5, 0.6) is 0 Å². The molecule has 0 N–H and O–H groups in total. The average Bonchev–Trinajstić information content (AvgIpc) is 3.25. The van der Waals surface area contributed by atoms with Crippen molar-refractivity contribution in [3.05, 3.63) is 0 Å². The Kier molecular flexibility index (Phi) is 54.9. The number of rotatable bonds is 55. The van der Waals surface area contributed by atoms with E-state index in [1.165, 1.54) is 0 Å². The van der Waals surface area contributed by atoms with Crippen LogP contribution < -0.4 is 0 Å². The minimum Gasteiger partial charge on any atom is -0.385 e. The molecule has 0 aromatic heterocycles. The first-order valence-corrected chi connectivity index (χ1v) is 23.3. The zero-order valence-electron chi connectivity index (χ0n) is 38.3. The van der Waals surface area contributed by atoms with E-state index >= 15 is 0 Å². The van der Waals surface area contributed by atoms with Crippen LogP contribution in [0, 0.1) is 5.92 Å². The summed E-state index contributed by atoms with van der Waals surface area (Å²) in [7, 11) is 1.71. The van der Waals surface area contributed by atoms with Crippen LogP contribution in [0.2, 0.25) is 0 Å². The lowest BCUT2D eigenvalue weighted by atomic mass is 10.1. The predicted molar refractivity (Wildman–Crippen MR) is 232 cm³/mol. The lowest BCUT2D eigenvalue weighted by Crippen LogP contribution is -2.09. The Morgan fingerprint density at radius 2 is 0.390 bits per heavy atom. The Balaban J connectivity index is 3.06. The van der Waals surface area contributed by atoms with E-state index in [0.29, 0.717) is 85.2 Å². The third-order valence-corrected chi connectivity index (χ3v) is 8.66. The lowest BCUT2D eigenvalue weighted by Gasteiger charge is -2.09. The first-order chi connectivity index (χ1) is 29.3. The SMILES string of the molecule is CCC(C)COCCCOCCCOCCCOCCCOCCCOCCCOCCCOCCCOCCCOCCCOCCCOCCCOCCCOC. The normalized spacial score (nSPS) is 12.3. The molecule has 0 radical (unpaired) electrons. The fourth-order valence-electron chi connectivity index (χ4n) is 5.09. The van der Waals surface area contributed by atoms with Gasteiger partial charge in [-0.25, -0.2) is 0 Å². The molecule has 1 atom stereocenters. The molecule has 0 spiro atoms. The molecule has 356 valence electrons. The molecule has 0 rings (SSSR count). The van der Waals surface area contributed by atoms with Crippen molar-refractivity contribution in [1.82, 2.24) is 0 Å². The van der Waals surface area contributed by atoms with Crippen molar-refractivity contribution in [3.8, 4) is 0 Å². The summed E-state index contributed by atoms with van der Waals surface area (Å²) in [5.41, 5.74) is 0. The van der Waals surface area contributed by atoms with Crippen molar-refractivity contribution in [2.45, 2.75) is 104 Å². The molecular formula is C45H92O14. The summed E-state index contributed by atoms with van der Waals surface area (Å²) in [6, 6.07) is 0. The molecule has 59 heavy (non-hydrogen) atoms. The monoisotopic (exact) mass is 857 g/mol. The maximum atomic E-state index is 5.68. The van der Waals surface area contributed by atoms with Crippen LogP contribution in [0.4, 0.5) is 0 Å². The third-order valence-electron chi connectivity index (χ3n) is 8.66. The van der Waals surface area contributed by atoms with Gasteiger partial charge in [0, 0.05) is 185 Å². The summed E-state index contributed by atoms with van der Waals surface area (Å²) in [4.78, 5) is 0. The zero-order valence-corrected chi connectivity index (χ0v) is 38.3. The van der Waals surface area contributed by atoms with Gasteiger partial charge in [-0.2, -0.15) is 0 Å². The molecule has 0 aromatic rings. The van der Waals surface area contributed by atoms with Crippen molar-refractivity contribution in [1.29, 1.82) is 0 Å². The third kappa shape index (κ3) is 55.4. The van der Waals surface area contributed by atoms with Gasteiger partial charge in [-0.1, -0.05) is 20.3 Å². The topological polar surface area (TPSA) is 129 Å². The number of methoxy groups -OCH3 is 1. The molecule has 0 bridgehead atoms. The van der Waals surface area contributed by atoms with E-state index < -0.39 is 0 Å². The van der Waals surface area contributed by atoms with Gasteiger partial charge in [-0.3, -0.25) is 0 Å². The molecule has 0 aliphatic rings. The quantitative estimate of drug-likeness (QED) is 0.0585. The number of ether oxygens (including phenoxy) is 14. The molecule has 14 nitrogen and oxygen atoms in total. The van der Waals surface area contributed by atoms with Crippen LogP contribution >= 0.6 is 0 Å². The van der Waals surface area contributed by atoms with Gasteiger partial charge in [0.2, 0.25) is 0 Å². The Morgan fingerprint density at radius 1 is 0.237 bits per heavy atom. The van der Waals surface area contributed by atoms with Gasteiger partial charge in [-0.15, -0.1) is 0 Å². The van der Waals surface area contributed by atoms with Crippen LogP contribution in [0.15, 0.2) is 0 Å². The molecular weight excluding hydrogens is 764 g/mol. The molecule has 1 unspecified atom stereocenters. The molecule has 0 amide bonds. The predicted octanol–water partition coefficient (Wildman–Crippen LogP) is 6.97. The molecule has 0 saturated carbocycles. The minimum absolute atomic E-state index is 0.637. The highest BCUT2D eigenvalue weighted by Crippen LogP contribution is 2.01. The van der Waals surface area contributed by atoms with E-state index in [9.17, 15) is 0 Å². The number of hydrogen-bond acceptors (Lipinski definition) is 14. The lowest BCUT2D eigenvalue weighted by molar-refractivity contribution is 0.0394. The first kappa shape index (κ1) is 58.4. The summed E-state index contributed by atoms with van der Waals surface area (Å²) in [6.45, 7) is 24.1. The fraction of sp³-hybridized carbons (Fsp3) is 1.00. The van der Waals surface area contributed by atoms with E-state index in [4.69, 9.17) is 66.3 Å². The zero-order chi connectivity index (χ0) is 42.5. The standard InChI is InChI=1S/C45H92O14/c1-4-45(2)44-59-43-17-42-58-41-16-40-57-39-15-38-56-37-14-36-55-35-13-34-54-33-12-32-53-31-11-30-52-29-10-28-51-27-9-26-50-25-8-24-49-23-7-22-48-21-6-20-47-19-5-18-46-3/h45H,4-44H2,1-3H3. The average molecular weight is 857 g/mol. The van der Waals surface area contributed by atoms with Crippen LogP contribution in [0.3, 0.4) is 0 Å². The first-order valence-electron chi connectivity index (χ1n) is 23.3. The van der Waals surface area contributed by atoms with E-state index in [0.717, 1.165) is 189 Å². The summed E-state index contributed by atoms with van der Waals surface area (Å²) in [6.07, 6.45) is 13.0. The Labute approximate surface area is 360 Å². The fourth-order valence-corrected chi connectivity index (χ4v) is 5.09. The van der Waals surface area contributed by atoms with E-state index in [-0.39, 0.29) is 0 Å². The van der Waals surface area contributed by atoms with E-state index in [1.807, 2.05) is 0 Å². The van der Waals surface area contributed by atoms with Gasteiger partial charge in [0.15, 0.2) is 0 Å². The minimum atomic E-state index is 0.637. The molecule has 0 saturated heterocycles. The second-order valence-electron chi connectivity index (χ2n) is 14.5. The highest BCUT2D eigenvalue weighted by atomic mass is 16.5. The van der Waals surface area contributed by atoms with E-state index in [2.05, 4.69) is 13.8 Å². The van der Waals surface area contributed by atoms with Gasteiger partial charge in [0.25, 0.3) is 0 Å². The second kappa shape index (κ2) is 55.5. The van der Waals surface area contributed by atoms with Gasteiger partial charge in [-0.05, 0) is 89.4 Å². The molecule has 0 aliphatic heterocycles. The molecule has 0 aromatic carbocycles.